The Kier molecular flexibility index (Phi) is 6.18. The molecule has 0 spiro atoms. The molecule has 0 aromatic heterocycles. The number of amidine groups is 1. The van der Waals surface area contributed by atoms with E-state index in [0.29, 0.717) is 12.3 Å². The molecule has 1 fully saturated rings. The summed E-state index contributed by atoms with van der Waals surface area (Å²) in [5, 5.41) is 2.71. The van der Waals surface area contributed by atoms with Gasteiger partial charge in [0.2, 0.25) is 0 Å². The molecule has 0 radical (unpaired) electrons. The Morgan fingerprint density at radius 3 is 2.75 bits per heavy atom. The van der Waals surface area contributed by atoms with Gasteiger partial charge in [-0.15, -0.1) is 0 Å². The lowest BCUT2D eigenvalue weighted by molar-refractivity contribution is 0.265. The lowest BCUT2D eigenvalue weighted by Gasteiger charge is -2.14. The van der Waals surface area contributed by atoms with Crippen molar-refractivity contribution in [2.45, 2.75) is 13.8 Å². The lowest BCUT2D eigenvalue weighted by atomic mass is 10.4. The highest BCUT2D eigenvalue weighted by Crippen LogP contribution is 2.08. The van der Waals surface area contributed by atoms with Crippen LogP contribution in [0.3, 0.4) is 0 Å². The number of nitrogens with zero attached hydrogens (tertiary/aromatic N) is 2. The molecule has 16 heavy (non-hydrogen) atoms. The molecule has 0 aliphatic carbocycles. The third-order valence-electron chi connectivity index (χ3n) is 2.40. The molecule has 1 saturated heterocycles. The number of carbonyl (C=O) groups excluding carboxylic acids is 1. The first kappa shape index (κ1) is 13.3. The second-order valence-corrected chi connectivity index (χ2v) is 4.39. The highest BCUT2D eigenvalue weighted by Gasteiger charge is 2.15. The molecular weight excluding hydrogens is 222 g/mol. The van der Waals surface area contributed by atoms with Crippen molar-refractivity contribution in [2.24, 2.45) is 4.99 Å². The highest BCUT2D eigenvalue weighted by molar-refractivity contribution is 8.14. The van der Waals surface area contributed by atoms with E-state index in [4.69, 9.17) is 0 Å². The smallest absolute Gasteiger partial charge is 0.284 e. The van der Waals surface area contributed by atoms with Crippen LogP contribution < -0.4 is 5.32 Å². The number of likely N-dealkylation sites (N-methyl/N-ethyl adjacent to an activating group) is 1. The Hall–Kier alpha value is -0.810. The van der Waals surface area contributed by atoms with E-state index >= 15 is 0 Å². The van der Waals surface area contributed by atoms with Crippen LogP contribution in [0.2, 0.25) is 0 Å². The average molecular weight is 241 g/mol. The normalized spacial score (nSPS) is 18.9. The first-order valence-corrected chi connectivity index (χ1v) is 6.59. The fourth-order valence-electron chi connectivity index (χ4n) is 1.35. The Morgan fingerprint density at radius 2 is 2.19 bits per heavy atom. The number of amides is 1. The van der Waals surface area contributed by atoms with Crippen LogP contribution in [0.4, 0.5) is 4.79 Å². The molecule has 1 aliphatic heterocycles. The van der Waals surface area contributed by atoms with Gasteiger partial charge in [-0.2, -0.15) is 0 Å². The molecule has 0 aromatic rings. The molecule has 1 amide bonds. The predicted octanol–water partition coefficient (Wildman–Crippen LogP) is 1.74. The topological polar surface area (TPSA) is 44.7 Å². The number of aliphatic imine (C=N–C) groups is 1. The van der Waals surface area contributed by atoms with E-state index in [1.807, 2.05) is 6.08 Å². The molecule has 0 saturated carbocycles. The summed E-state index contributed by atoms with van der Waals surface area (Å²) >= 11 is 1.27. The van der Waals surface area contributed by atoms with Crippen molar-refractivity contribution in [1.82, 2.24) is 10.2 Å². The van der Waals surface area contributed by atoms with Gasteiger partial charge in [-0.3, -0.25) is 9.79 Å². The van der Waals surface area contributed by atoms with Gasteiger partial charge in [0, 0.05) is 6.54 Å². The first-order chi connectivity index (χ1) is 7.76. The zero-order valence-corrected chi connectivity index (χ0v) is 10.7. The minimum Gasteiger partial charge on any atom is -0.304 e. The van der Waals surface area contributed by atoms with Crippen LogP contribution in [0.25, 0.3) is 0 Å². The van der Waals surface area contributed by atoms with Gasteiger partial charge in [0.1, 0.15) is 5.84 Å². The first-order valence-electron chi connectivity index (χ1n) is 5.60. The van der Waals surface area contributed by atoms with Gasteiger partial charge in [0.15, 0.2) is 0 Å². The second-order valence-electron chi connectivity index (χ2n) is 3.45. The molecule has 0 atom stereocenters. The van der Waals surface area contributed by atoms with Crippen molar-refractivity contribution in [3.63, 3.8) is 0 Å². The van der Waals surface area contributed by atoms with Crippen LogP contribution in [-0.4, -0.2) is 47.9 Å². The van der Waals surface area contributed by atoms with Crippen LogP contribution >= 0.6 is 11.8 Å². The van der Waals surface area contributed by atoms with Crippen molar-refractivity contribution in [2.75, 3.05) is 31.9 Å². The summed E-state index contributed by atoms with van der Waals surface area (Å²) in [5.74, 6) is 1.48. The third kappa shape index (κ3) is 4.81. The maximum Gasteiger partial charge on any atom is 0.284 e. The van der Waals surface area contributed by atoms with Crippen LogP contribution in [0, 0.1) is 0 Å². The van der Waals surface area contributed by atoms with E-state index in [2.05, 4.69) is 35.1 Å². The molecule has 90 valence electrons. The van der Waals surface area contributed by atoms with Gasteiger partial charge in [0.25, 0.3) is 5.24 Å². The third-order valence-corrected chi connectivity index (χ3v) is 3.18. The highest BCUT2D eigenvalue weighted by atomic mass is 32.2. The van der Waals surface area contributed by atoms with Gasteiger partial charge >= 0.3 is 0 Å². The quantitative estimate of drug-likeness (QED) is 0.720. The number of hydrogen-bond donors (Lipinski definition) is 1. The molecule has 0 bridgehead atoms. The number of carbonyl (C=O) groups is 1. The second kappa shape index (κ2) is 7.46. The van der Waals surface area contributed by atoms with Crippen LogP contribution in [0.15, 0.2) is 17.1 Å². The summed E-state index contributed by atoms with van der Waals surface area (Å²) in [6, 6.07) is 0. The van der Waals surface area contributed by atoms with Crippen LogP contribution in [-0.2, 0) is 0 Å². The maximum atomic E-state index is 10.9. The van der Waals surface area contributed by atoms with E-state index < -0.39 is 0 Å². The fourth-order valence-corrected chi connectivity index (χ4v) is 1.97. The maximum absolute atomic E-state index is 10.9. The molecule has 0 unspecified atom stereocenters. The summed E-state index contributed by atoms with van der Waals surface area (Å²) in [6.45, 7) is 8.08. The van der Waals surface area contributed by atoms with Crippen molar-refractivity contribution in [3.05, 3.63) is 12.2 Å². The summed E-state index contributed by atoms with van der Waals surface area (Å²) < 4.78 is 0. The van der Waals surface area contributed by atoms with Gasteiger partial charge in [-0.05, 0) is 13.1 Å². The van der Waals surface area contributed by atoms with Crippen molar-refractivity contribution in [1.29, 1.82) is 0 Å². The van der Waals surface area contributed by atoms with E-state index in [0.717, 1.165) is 25.5 Å². The zero-order chi connectivity index (χ0) is 11.8. The molecule has 1 N–H and O–H groups in total. The average Bonchev–Trinajstić information content (AvgIpc) is 2.70. The van der Waals surface area contributed by atoms with Gasteiger partial charge < -0.3 is 10.2 Å². The molecule has 4 nitrogen and oxygen atoms in total. The van der Waals surface area contributed by atoms with Crippen molar-refractivity contribution in [3.8, 4) is 0 Å². The summed E-state index contributed by atoms with van der Waals surface area (Å²) in [4.78, 5) is 17.5. The van der Waals surface area contributed by atoms with Gasteiger partial charge in [-0.25, -0.2) is 0 Å². The Bertz CT molecular complexity index is 285. The van der Waals surface area contributed by atoms with E-state index in [-0.39, 0.29) is 5.24 Å². The van der Waals surface area contributed by atoms with Gasteiger partial charge in [-0.1, -0.05) is 37.8 Å². The largest absolute Gasteiger partial charge is 0.304 e. The number of rotatable bonds is 6. The fraction of sp³-hybridized carbons (Fsp3) is 0.636. The van der Waals surface area contributed by atoms with E-state index in [1.165, 1.54) is 11.8 Å². The summed E-state index contributed by atoms with van der Waals surface area (Å²) in [6.07, 6.45) is 4.17. The van der Waals surface area contributed by atoms with Crippen molar-refractivity contribution < 1.29 is 4.79 Å². The van der Waals surface area contributed by atoms with Crippen LogP contribution in [0.1, 0.15) is 13.8 Å². The number of thioether (sulfide) groups is 1. The molecule has 1 heterocycles. The minimum atomic E-state index is 0.00544. The van der Waals surface area contributed by atoms with E-state index in [9.17, 15) is 4.79 Å². The number of hydrogen-bond acceptors (Lipinski definition) is 4. The molecule has 1 rings (SSSR count). The minimum absolute atomic E-state index is 0.00544. The monoisotopic (exact) mass is 241 g/mol. The Balaban J connectivity index is 2.19. The molecular formula is C11H19N3OS. The van der Waals surface area contributed by atoms with Crippen molar-refractivity contribution >= 4 is 22.8 Å². The molecule has 5 heteroatoms. The van der Waals surface area contributed by atoms with E-state index in [1.54, 1.807) is 0 Å². The zero-order valence-electron chi connectivity index (χ0n) is 9.90. The van der Waals surface area contributed by atoms with Crippen LogP contribution in [0.5, 0.6) is 0 Å². The Morgan fingerprint density at radius 1 is 1.44 bits per heavy atom. The summed E-state index contributed by atoms with van der Waals surface area (Å²) in [7, 11) is 0. The summed E-state index contributed by atoms with van der Waals surface area (Å²) in [5.41, 5.74) is 0. The SMILES string of the molecule is CCN(CC)CC=CCN=C1CSC(=O)N1. The predicted molar refractivity (Wildman–Crippen MR) is 70.2 cm³/mol. The number of nitrogens with one attached hydrogen (secondary N) is 1. The van der Waals surface area contributed by atoms with Gasteiger partial charge in [0.05, 0.1) is 12.3 Å². The molecule has 0 aromatic carbocycles. The standard InChI is InChI=1S/C11H19N3OS/c1-3-14(4-2)8-6-5-7-12-10-9-16-11(15)13-10/h5-6H,3-4,7-9H2,1-2H3,(H,12,13,15). The lowest BCUT2D eigenvalue weighted by Crippen LogP contribution is -2.22. The Labute approximate surface area is 101 Å². The molecule has 1 aliphatic rings.